The molecule has 0 saturated heterocycles. The number of fused-ring (bicyclic) bond motifs is 10. The van der Waals surface area contributed by atoms with Crippen LogP contribution in [0.2, 0.25) is 0 Å². The van der Waals surface area contributed by atoms with Gasteiger partial charge in [-0.3, -0.25) is 0 Å². The van der Waals surface area contributed by atoms with Crippen molar-refractivity contribution in [2.24, 2.45) is 0 Å². The fourth-order valence-corrected chi connectivity index (χ4v) is 10.3. The Kier molecular flexibility index (Phi) is 3.03. The van der Waals surface area contributed by atoms with Gasteiger partial charge >= 0.3 is 0 Å². The molecule has 0 nitrogen and oxygen atoms in total. The molecular weight excluding hydrogens is 417 g/mol. The molecule has 0 radical (unpaired) electrons. The molecule has 0 saturated carbocycles. The number of thiophene rings is 4. The first kappa shape index (κ1) is 15.9. The third kappa shape index (κ3) is 1.80. The molecule has 0 bridgehead atoms. The quantitative estimate of drug-likeness (QED) is 0.225. The molecular formula is C24H14S4. The first-order valence-electron chi connectivity index (χ1n) is 9.29. The molecule has 0 atom stereocenters. The Bertz CT molecular complexity index is 1600. The summed E-state index contributed by atoms with van der Waals surface area (Å²) in [4.78, 5) is 0. The van der Waals surface area contributed by atoms with E-state index in [0.29, 0.717) is 0 Å². The maximum Gasteiger partial charge on any atom is 0.0545 e. The normalized spacial score (nSPS) is 12.6. The van der Waals surface area contributed by atoms with E-state index in [4.69, 9.17) is 0 Å². The van der Waals surface area contributed by atoms with Crippen molar-refractivity contribution < 1.29 is 0 Å². The Morgan fingerprint density at radius 1 is 0.464 bits per heavy atom. The molecule has 0 spiro atoms. The van der Waals surface area contributed by atoms with Crippen LogP contribution in [-0.4, -0.2) is 0 Å². The maximum atomic E-state index is 2.34. The van der Waals surface area contributed by atoms with Gasteiger partial charge < -0.3 is 0 Å². The summed E-state index contributed by atoms with van der Waals surface area (Å²) in [7, 11) is 0. The Morgan fingerprint density at radius 2 is 0.893 bits per heavy atom. The summed E-state index contributed by atoms with van der Waals surface area (Å²) in [5.74, 6) is 0. The second kappa shape index (κ2) is 5.33. The third-order valence-electron chi connectivity index (χ3n) is 5.85. The summed E-state index contributed by atoms with van der Waals surface area (Å²) >= 11 is 7.90. The Balaban J connectivity index is 1.75. The number of hydrogen-bond donors (Lipinski definition) is 0. The molecule has 0 aliphatic rings. The third-order valence-corrected chi connectivity index (χ3v) is 11.2. The minimum Gasteiger partial charge on any atom is -0.134 e. The highest BCUT2D eigenvalue weighted by Gasteiger charge is 2.22. The fourth-order valence-electron chi connectivity index (χ4n) is 4.52. The van der Waals surface area contributed by atoms with Gasteiger partial charge in [-0.2, -0.15) is 0 Å². The van der Waals surface area contributed by atoms with Crippen molar-refractivity contribution >= 4 is 104 Å². The summed E-state index contributed by atoms with van der Waals surface area (Å²) in [5.41, 5.74) is 2.93. The summed E-state index contributed by atoms with van der Waals surface area (Å²) in [6.45, 7) is 4.67. The van der Waals surface area contributed by atoms with Crippen molar-refractivity contribution in [2.75, 3.05) is 0 Å². The zero-order valence-electron chi connectivity index (χ0n) is 15.3. The molecule has 4 aromatic heterocycles. The van der Waals surface area contributed by atoms with E-state index in [1.165, 1.54) is 70.3 Å². The van der Waals surface area contributed by atoms with Crippen molar-refractivity contribution in [3.05, 3.63) is 59.7 Å². The lowest BCUT2D eigenvalue weighted by Gasteiger charge is -2.04. The molecule has 0 aliphatic heterocycles. The van der Waals surface area contributed by atoms with Crippen molar-refractivity contribution in [2.45, 2.75) is 13.8 Å². The largest absolute Gasteiger partial charge is 0.134 e. The van der Waals surface area contributed by atoms with Gasteiger partial charge in [-0.05, 0) is 37.1 Å². The first-order valence-corrected chi connectivity index (χ1v) is 12.6. The molecule has 134 valence electrons. The van der Waals surface area contributed by atoms with E-state index >= 15 is 0 Å². The SMILES string of the molecule is Cc1c2sc3c4ccccc4sc3c2c(C)c2sc3c4ccccc4sc3c12. The van der Waals surface area contributed by atoms with Crippen molar-refractivity contribution in [1.29, 1.82) is 0 Å². The number of aryl methyl sites for hydroxylation is 2. The van der Waals surface area contributed by atoms with E-state index in [0.717, 1.165) is 0 Å². The van der Waals surface area contributed by atoms with E-state index in [9.17, 15) is 0 Å². The van der Waals surface area contributed by atoms with Crippen LogP contribution in [0.25, 0.3) is 59.1 Å². The Labute approximate surface area is 177 Å². The van der Waals surface area contributed by atoms with Gasteiger partial charge in [-0.1, -0.05) is 36.4 Å². The van der Waals surface area contributed by atoms with Gasteiger partial charge in [-0.25, -0.2) is 0 Å². The van der Waals surface area contributed by atoms with Gasteiger partial charge in [0.15, 0.2) is 0 Å². The Morgan fingerprint density at radius 3 is 1.36 bits per heavy atom. The minimum atomic E-state index is 1.40. The molecule has 4 heteroatoms. The summed E-state index contributed by atoms with van der Waals surface area (Å²) in [5, 5.41) is 5.81. The topological polar surface area (TPSA) is 0 Å². The van der Waals surface area contributed by atoms with E-state index in [2.05, 4.69) is 62.4 Å². The molecule has 3 aromatic carbocycles. The molecule has 7 rings (SSSR count). The Hall–Kier alpha value is -1.98. The average molecular weight is 431 g/mol. The van der Waals surface area contributed by atoms with Crippen molar-refractivity contribution in [3.63, 3.8) is 0 Å². The van der Waals surface area contributed by atoms with Crippen LogP contribution in [-0.2, 0) is 0 Å². The number of benzene rings is 3. The highest BCUT2D eigenvalue weighted by atomic mass is 32.1. The molecule has 7 aromatic rings. The van der Waals surface area contributed by atoms with Crippen molar-refractivity contribution in [1.82, 2.24) is 0 Å². The molecule has 4 heterocycles. The smallest absolute Gasteiger partial charge is 0.0545 e. The van der Waals surface area contributed by atoms with Crippen LogP contribution in [0.4, 0.5) is 0 Å². The van der Waals surface area contributed by atoms with Crippen molar-refractivity contribution in [3.8, 4) is 0 Å². The highest BCUT2D eigenvalue weighted by molar-refractivity contribution is 7.38. The van der Waals surface area contributed by atoms with Gasteiger partial charge in [0.25, 0.3) is 0 Å². The second-order valence-corrected chi connectivity index (χ2v) is 11.5. The maximum absolute atomic E-state index is 2.34. The molecule has 0 fully saturated rings. The lowest BCUT2D eigenvalue weighted by molar-refractivity contribution is 1.59. The zero-order valence-corrected chi connectivity index (χ0v) is 18.5. The van der Waals surface area contributed by atoms with Crippen LogP contribution >= 0.6 is 45.3 Å². The minimum absolute atomic E-state index is 1.40. The van der Waals surface area contributed by atoms with Crippen LogP contribution in [0.15, 0.2) is 48.5 Å². The van der Waals surface area contributed by atoms with Crippen LogP contribution < -0.4 is 0 Å². The first-order chi connectivity index (χ1) is 13.7. The summed E-state index contributed by atoms with van der Waals surface area (Å²) < 4.78 is 11.7. The predicted molar refractivity (Wildman–Crippen MR) is 132 cm³/mol. The predicted octanol–water partition coefficient (Wildman–Crippen LogP) is 9.47. The standard InChI is InChI=1S/C24H14S4/c1-11-17-20(28-21-13-7-3-5-9-15(13)25-23(17)21)12(2)18-19(11)27-22-14-8-4-6-10-16(14)26-24(18)22/h3-10H,1-2H3. The zero-order chi connectivity index (χ0) is 18.6. The number of hydrogen-bond acceptors (Lipinski definition) is 4. The van der Waals surface area contributed by atoms with E-state index in [1.54, 1.807) is 0 Å². The van der Waals surface area contributed by atoms with Gasteiger partial charge in [0.05, 0.1) is 18.8 Å². The van der Waals surface area contributed by atoms with Gasteiger partial charge in [-0.15, -0.1) is 45.3 Å². The van der Waals surface area contributed by atoms with E-state index < -0.39 is 0 Å². The summed E-state index contributed by atoms with van der Waals surface area (Å²) in [6.07, 6.45) is 0. The molecule has 0 N–H and O–H groups in total. The van der Waals surface area contributed by atoms with E-state index in [1.807, 2.05) is 45.3 Å². The van der Waals surface area contributed by atoms with Crippen LogP contribution in [0, 0.1) is 13.8 Å². The second-order valence-electron chi connectivity index (χ2n) is 7.38. The lowest BCUT2D eigenvalue weighted by atomic mass is 10.0. The molecule has 0 amide bonds. The molecule has 28 heavy (non-hydrogen) atoms. The number of rotatable bonds is 0. The lowest BCUT2D eigenvalue weighted by Crippen LogP contribution is -1.80. The molecule has 0 unspecified atom stereocenters. The highest BCUT2D eigenvalue weighted by Crippen LogP contribution is 2.53. The van der Waals surface area contributed by atoms with Gasteiger partial charge in [0.1, 0.15) is 0 Å². The van der Waals surface area contributed by atoms with Crippen LogP contribution in [0.3, 0.4) is 0 Å². The van der Waals surface area contributed by atoms with E-state index in [-0.39, 0.29) is 0 Å². The summed E-state index contributed by atoms with van der Waals surface area (Å²) in [6, 6.07) is 17.7. The average Bonchev–Trinajstić information content (AvgIpc) is 3.43. The van der Waals surface area contributed by atoms with Crippen LogP contribution in [0.1, 0.15) is 11.1 Å². The monoisotopic (exact) mass is 430 g/mol. The molecule has 0 aliphatic carbocycles. The van der Waals surface area contributed by atoms with Crippen LogP contribution in [0.5, 0.6) is 0 Å². The van der Waals surface area contributed by atoms with Gasteiger partial charge in [0.2, 0.25) is 0 Å². The fraction of sp³-hybridized carbons (Fsp3) is 0.0833. The van der Waals surface area contributed by atoms with Gasteiger partial charge in [0, 0.05) is 40.3 Å².